The van der Waals surface area contributed by atoms with Crippen molar-refractivity contribution in [1.29, 1.82) is 0 Å². The number of rotatable bonds is 15. The maximum Gasteiger partial charge on any atom is 0.163 e. The summed E-state index contributed by atoms with van der Waals surface area (Å²) in [6.45, 7) is 4.58. The van der Waals surface area contributed by atoms with Gasteiger partial charge in [-0.15, -0.1) is 0 Å². The fourth-order valence-corrected chi connectivity index (χ4v) is 3.25. The Morgan fingerprint density at radius 1 is 0.609 bits per heavy atom. The average molecular weight is 319 g/mol. The first-order valence-corrected chi connectivity index (χ1v) is 10.3. The van der Waals surface area contributed by atoms with E-state index in [4.69, 9.17) is 0 Å². The Hall–Kier alpha value is -0.850. The van der Waals surface area contributed by atoms with Crippen molar-refractivity contribution in [3.63, 3.8) is 0 Å². The smallest absolute Gasteiger partial charge is 0.163 e. The van der Waals surface area contributed by atoms with Gasteiger partial charge < -0.3 is 0 Å². The second-order valence-corrected chi connectivity index (χ2v) is 7.05. The summed E-state index contributed by atoms with van der Waals surface area (Å²) in [7, 11) is 0. The predicted molar refractivity (Wildman–Crippen MR) is 105 cm³/mol. The van der Waals surface area contributed by atoms with E-state index in [1.54, 1.807) is 0 Å². The molecule has 0 saturated heterocycles. The molecule has 0 unspecified atom stereocenters. The minimum atomic E-state index is 1.07. The Bertz CT molecular complexity index is 338. The van der Waals surface area contributed by atoms with Crippen LogP contribution in [-0.4, -0.2) is 23.9 Å². The molecular formula is C22H40N+. The minimum absolute atomic E-state index is 1.07. The van der Waals surface area contributed by atoms with Crippen molar-refractivity contribution in [2.24, 2.45) is 0 Å². The van der Waals surface area contributed by atoms with Crippen LogP contribution in [0.4, 0.5) is 0 Å². The summed E-state index contributed by atoms with van der Waals surface area (Å²) < 4.78 is 2.42. The normalized spacial score (nSPS) is 14.0. The van der Waals surface area contributed by atoms with Crippen LogP contribution >= 0.6 is 0 Å². The Balaban J connectivity index is 1.75. The summed E-state index contributed by atoms with van der Waals surface area (Å²) in [4.78, 5) is 0. The third kappa shape index (κ3) is 13.3. The third-order valence-corrected chi connectivity index (χ3v) is 4.79. The number of unbranched alkanes of at least 4 members (excludes halogenated alkanes) is 13. The van der Waals surface area contributed by atoms with Crippen LogP contribution in [0.1, 0.15) is 96.8 Å². The predicted octanol–water partition coefficient (Wildman–Crippen LogP) is 6.68. The summed E-state index contributed by atoms with van der Waals surface area (Å²) >= 11 is 0. The Labute approximate surface area is 145 Å². The second kappa shape index (κ2) is 16.0. The second-order valence-electron chi connectivity index (χ2n) is 7.05. The van der Waals surface area contributed by atoms with Gasteiger partial charge in [0.15, 0.2) is 12.8 Å². The molecule has 1 aliphatic rings. The maximum atomic E-state index is 2.42. The van der Waals surface area contributed by atoms with Crippen LogP contribution in [0.15, 0.2) is 24.3 Å². The molecule has 1 rings (SSSR count). The molecule has 0 spiro atoms. The van der Waals surface area contributed by atoms with Gasteiger partial charge in [-0.05, 0) is 12.5 Å². The summed E-state index contributed by atoms with van der Waals surface area (Å²) in [6.07, 6.45) is 31.0. The highest BCUT2D eigenvalue weighted by atomic mass is 15.0. The molecule has 0 aromatic carbocycles. The van der Waals surface area contributed by atoms with Crippen molar-refractivity contribution < 1.29 is 4.58 Å². The number of hydrogen-bond donors (Lipinski definition) is 0. The molecule has 0 N–H and O–H groups in total. The lowest BCUT2D eigenvalue weighted by Crippen LogP contribution is -2.13. The van der Waals surface area contributed by atoms with Gasteiger partial charge in [0, 0.05) is 12.5 Å². The minimum Gasteiger partial charge on any atom is -0.232 e. The van der Waals surface area contributed by atoms with E-state index in [1.165, 1.54) is 96.4 Å². The highest BCUT2D eigenvalue weighted by Crippen LogP contribution is 2.12. The van der Waals surface area contributed by atoms with Gasteiger partial charge in [-0.3, -0.25) is 0 Å². The Kier molecular flexibility index (Phi) is 14.1. The first kappa shape index (κ1) is 20.2. The van der Waals surface area contributed by atoms with Gasteiger partial charge in [0.1, 0.15) is 6.54 Å². The van der Waals surface area contributed by atoms with Gasteiger partial charge in [0.05, 0.1) is 0 Å². The fourth-order valence-electron chi connectivity index (χ4n) is 3.25. The molecule has 0 fully saturated rings. The highest BCUT2D eigenvalue weighted by Gasteiger charge is 2.01. The molecule has 0 radical (unpaired) electrons. The quantitative estimate of drug-likeness (QED) is 0.234. The summed E-state index contributed by atoms with van der Waals surface area (Å²) in [5.41, 5.74) is 0. The topological polar surface area (TPSA) is 3.01 Å². The average Bonchev–Trinajstić information content (AvgIpc) is 2.84. The van der Waals surface area contributed by atoms with Crippen LogP contribution in [-0.2, 0) is 0 Å². The van der Waals surface area contributed by atoms with Crippen LogP contribution < -0.4 is 0 Å². The Morgan fingerprint density at radius 3 is 1.70 bits per heavy atom. The monoisotopic (exact) mass is 318 g/mol. The van der Waals surface area contributed by atoms with Crippen molar-refractivity contribution in [3.05, 3.63) is 24.3 Å². The third-order valence-electron chi connectivity index (χ3n) is 4.79. The van der Waals surface area contributed by atoms with Crippen molar-refractivity contribution in [2.45, 2.75) is 96.8 Å². The molecule has 1 heteroatoms. The van der Waals surface area contributed by atoms with Crippen LogP contribution in [0.5, 0.6) is 0 Å². The van der Waals surface area contributed by atoms with E-state index in [0.717, 1.165) is 6.54 Å². The van der Waals surface area contributed by atoms with E-state index >= 15 is 0 Å². The molecule has 0 bridgehead atoms. The first-order valence-electron chi connectivity index (χ1n) is 10.3. The lowest BCUT2D eigenvalue weighted by atomic mass is 10.0. The van der Waals surface area contributed by atoms with E-state index in [1.807, 2.05) is 0 Å². The molecule has 1 nitrogen and oxygen atoms in total. The summed E-state index contributed by atoms with van der Waals surface area (Å²) in [5.74, 6) is 0. The molecule has 23 heavy (non-hydrogen) atoms. The highest BCUT2D eigenvalue weighted by molar-refractivity contribution is 5.67. The number of hydrogen-bond acceptors (Lipinski definition) is 0. The Morgan fingerprint density at radius 2 is 1.13 bits per heavy atom. The number of nitrogens with zero attached hydrogens (tertiary/aromatic N) is 1. The van der Waals surface area contributed by atoms with Gasteiger partial charge in [-0.25, -0.2) is 4.58 Å². The molecule has 1 heterocycles. The zero-order valence-electron chi connectivity index (χ0n) is 15.6. The van der Waals surface area contributed by atoms with Crippen molar-refractivity contribution in [1.82, 2.24) is 0 Å². The molecule has 0 saturated carbocycles. The molecule has 0 aliphatic carbocycles. The van der Waals surface area contributed by atoms with Crippen LogP contribution in [0, 0.1) is 0 Å². The molecule has 1 aliphatic heterocycles. The van der Waals surface area contributed by atoms with Gasteiger partial charge in [0.25, 0.3) is 0 Å². The lowest BCUT2D eigenvalue weighted by Gasteiger charge is -2.03. The van der Waals surface area contributed by atoms with Gasteiger partial charge in [-0.1, -0.05) is 96.1 Å². The first-order chi connectivity index (χ1) is 11.4. The largest absolute Gasteiger partial charge is 0.232 e. The van der Waals surface area contributed by atoms with Gasteiger partial charge in [-0.2, -0.15) is 0 Å². The van der Waals surface area contributed by atoms with Gasteiger partial charge >= 0.3 is 0 Å². The van der Waals surface area contributed by atoms with E-state index in [-0.39, 0.29) is 0 Å². The molecule has 0 atom stereocenters. The van der Waals surface area contributed by atoms with Crippen LogP contribution in [0.25, 0.3) is 0 Å². The molecule has 0 aromatic rings. The molecule has 132 valence electrons. The van der Waals surface area contributed by atoms with E-state index in [9.17, 15) is 0 Å². The molecular weight excluding hydrogens is 278 g/mol. The van der Waals surface area contributed by atoms with E-state index in [0.29, 0.717) is 0 Å². The fraction of sp³-hybridized carbons (Fsp3) is 0.773. The van der Waals surface area contributed by atoms with Crippen molar-refractivity contribution >= 4 is 6.21 Å². The molecule has 0 aromatic heterocycles. The van der Waals surface area contributed by atoms with E-state index < -0.39 is 0 Å². The zero-order chi connectivity index (χ0) is 16.4. The van der Waals surface area contributed by atoms with Crippen molar-refractivity contribution in [2.75, 3.05) is 13.1 Å². The summed E-state index contributed by atoms with van der Waals surface area (Å²) in [6, 6.07) is 0. The van der Waals surface area contributed by atoms with Gasteiger partial charge in [0.2, 0.25) is 0 Å². The number of allylic oxidation sites excluding steroid dienone is 3. The van der Waals surface area contributed by atoms with E-state index in [2.05, 4.69) is 42.0 Å². The zero-order valence-corrected chi connectivity index (χ0v) is 15.6. The lowest BCUT2D eigenvalue weighted by molar-refractivity contribution is -0.513. The summed E-state index contributed by atoms with van der Waals surface area (Å²) in [5, 5.41) is 0. The van der Waals surface area contributed by atoms with Crippen molar-refractivity contribution in [3.8, 4) is 0 Å². The van der Waals surface area contributed by atoms with Crippen LogP contribution in [0.3, 0.4) is 0 Å². The molecule has 0 amide bonds. The SMILES string of the molecule is CCCCCCCCCCCCCCCC[N+]1=CC=CC=CC1. The maximum absolute atomic E-state index is 2.42. The standard InChI is InChI=1S/C22H40N/c1-2-3-4-5-6-7-8-9-10-11-12-13-14-17-20-23-21-18-15-16-19-22-23/h15-16,18-19,21H,2-14,17,20,22H2,1H3/q+1. The van der Waals surface area contributed by atoms with Crippen LogP contribution in [0.2, 0.25) is 0 Å².